The smallest absolute Gasteiger partial charge is 0.329 e. The van der Waals surface area contributed by atoms with E-state index < -0.39 is 65.2 Å². The first-order chi connectivity index (χ1) is 15.2. The Balaban J connectivity index is 5.43. The lowest BCUT2D eigenvalue weighted by atomic mass is 10.1. The topological polar surface area (TPSA) is 157 Å². The van der Waals surface area contributed by atoms with Crippen molar-refractivity contribution in [3.8, 4) is 0 Å². The molecule has 0 aromatic heterocycles. The Bertz CT molecular complexity index is 743. The van der Waals surface area contributed by atoms with Gasteiger partial charge >= 0.3 is 29.9 Å². The first kappa shape index (κ1) is 31.1. The third-order valence-electron chi connectivity index (χ3n) is 3.70. The Morgan fingerprint density at radius 2 is 1.00 bits per heavy atom. The van der Waals surface area contributed by atoms with E-state index in [-0.39, 0.29) is 19.3 Å². The number of amides is 2. The van der Waals surface area contributed by atoms with Gasteiger partial charge in [0, 0.05) is 12.8 Å². The number of carboxylic acid groups (broad SMARTS) is 1. The minimum absolute atomic E-state index is 0.108. The van der Waals surface area contributed by atoms with Gasteiger partial charge in [0.25, 0.3) is 0 Å². The molecule has 0 saturated heterocycles. The minimum atomic E-state index is -1.26. The van der Waals surface area contributed by atoms with Crippen LogP contribution in [0.1, 0.15) is 88.0 Å². The Hall–Kier alpha value is -2.85. The molecule has 0 fully saturated rings. The SMILES string of the molecule is CC(C)(C)OC(=O)CC[C@@H](NC(=O)NC(CCC(=O)O)C(=O)OC(C)(C)C)C(=O)OC(C)(C)C. The van der Waals surface area contributed by atoms with Crippen molar-refractivity contribution in [3.63, 3.8) is 0 Å². The largest absolute Gasteiger partial charge is 0.481 e. The molecule has 0 saturated carbocycles. The molecule has 34 heavy (non-hydrogen) atoms. The van der Waals surface area contributed by atoms with E-state index >= 15 is 0 Å². The van der Waals surface area contributed by atoms with Crippen LogP contribution in [-0.4, -0.2) is 63.9 Å². The van der Waals surface area contributed by atoms with Crippen molar-refractivity contribution in [1.82, 2.24) is 10.6 Å². The van der Waals surface area contributed by atoms with Gasteiger partial charge < -0.3 is 30.0 Å². The highest BCUT2D eigenvalue weighted by Crippen LogP contribution is 2.14. The maximum absolute atomic E-state index is 12.6. The van der Waals surface area contributed by atoms with Gasteiger partial charge in [-0.3, -0.25) is 9.59 Å². The van der Waals surface area contributed by atoms with Gasteiger partial charge in [-0.15, -0.1) is 0 Å². The summed E-state index contributed by atoms with van der Waals surface area (Å²) in [6.45, 7) is 15.0. The predicted octanol–water partition coefficient (Wildman–Crippen LogP) is 2.69. The van der Waals surface area contributed by atoms with Crippen molar-refractivity contribution in [1.29, 1.82) is 0 Å². The van der Waals surface area contributed by atoms with E-state index in [1.807, 2.05) is 0 Å². The molecule has 11 heteroatoms. The first-order valence-electron chi connectivity index (χ1n) is 11.1. The van der Waals surface area contributed by atoms with Gasteiger partial charge in [-0.05, 0) is 75.2 Å². The molecule has 0 radical (unpaired) electrons. The monoisotopic (exact) mass is 488 g/mol. The fraction of sp³-hybridized carbons (Fsp3) is 0.783. The van der Waals surface area contributed by atoms with Crippen LogP contribution in [0.2, 0.25) is 0 Å². The second-order valence-corrected chi connectivity index (χ2v) is 10.8. The lowest BCUT2D eigenvalue weighted by Gasteiger charge is -2.27. The van der Waals surface area contributed by atoms with Crippen LogP contribution in [0.25, 0.3) is 0 Å². The highest BCUT2D eigenvalue weighted by Gasteiger charge is 2.31. The third-order valence-corrected chi connectivity index (χ3v) is 3.70. The predicted molar refractivity (Wildman–Crippen MR) is 123 cm³/mol. The number of carbonyl (C=O) groups is 5. The van der Waals surface area contributed by atoms with Gasteiger partial charge in [0.1, 0.15) is 28.9 Å². The van der Waals surface area contributed by atoms with Crippen LogP contribution in [0.3, 0.4) is 0 Å². The highest BCUT2D eigenvalue weighted by atomic mass is 16.6. The molecule has 0 aliphatic carbocycles. The van der Waals surface area contributed by atoms with Crippen molar-refractivity contribution in [2.45, 2.75) is 117 Å². The van der Waals surface area contributed by atoms with Crippen LogP contribution in [-0.2, 0) is 33.4 Å². The molecule has 2 amide bonds. The fourth-order valence-electron chi connectivity index (χ4n) is 2.52. The number of hydrogen-bond donors (Lipinski definition) is 3. The maximum Gasteiger partial charge on any atom is 0.329 e. The number of carbonyl (C=O) groups excluding carboxylic acids is 4. The molecule has 0 aliphatic rings. The van der Waals surface area contributed by atoms with Gasteiger partial charge in [-0.2, -0.15) is 0 Å². The fourth-order valence-corrected chi connectivity index (χ4v) is 2.52. The van der Waals surface area contributed by atoms with E-state index in [4.69, 9.17) is 19.3 Å². The van der Waals surface area contributed by atoms with Crippen LogP contribution in [0.4, 0.5) is 4.79 Å². The zero-order chi connectivity index (χ0) is 26.9. The quantitative estimate of drug-likeness (QED) is 0.310. The Morgan fingerprint density at radius 3 is 1.32 bits per heavy atom. The summed E-state index contributed by atoms with van der Waals surface area (Å²) in [6.07, 6.45) is -0.884. The number of rotatable bonds is 10. The lowest BCUT2D eigenvalue weighted by Crippen LogP contribution is -2.53. The molecule has 2 atom stereocenters. The van der Waals surface area contributed by atoms with Crippen molar-refractivity contribution in [2.75, 3.05) is 0 Å². The molecule has 0 spiro atoms. The van der Waals surface area contributed by atoms with Crippen LogP contribution in [0.15, 0.2) is 0 Å². The summed E-state index contributed by atoms with van der Waals surface area (Å²) in [6, 6.07) is -3.40. The highest BCUT2D eigenvalue weighted by molar-refractivity contribution is 5.88. The number of esters is 3. The number of nitrogens with one attached hydrogen (secondary N) is 2. The van der Waals surface area contributed by atoms with E-state index in [2.05, 4.69) is 10.6 Å². The molecular formula is C23H40N2O9. The maximum atomic E-state index is 12.6. The second kappa shape index (κ2) is 12.6. The van der Waals surface area contributed by atoms with Crippen LogP contribution in [0, 0.1) is 0 Å². The van der Waals surface area contributed by atoms with Crippen molar-refractivity contribution < 1.29 is 43.3 Å². The van der Waals surface area contributed by atoms with Gasteiger partial charge in [-0.25, -0.2) is 14.4 Å². The molecule has 0 bridgehead atoms. The summed E-state index contributed by atoms with van der Waals surface area (Å²) in [5, 5.41) is 13.7. The zero-order valence-corrected chi connectivity index (χ0v) is 21.7. The molecule has 0 heterocycles. The minimum Gasteiger partial charge on any atom is -0.481 e. The molecule has 0 rings (SSSR count). The summed E-state index contributed by atoms with van der Waals surface area (Å²) < 4.78 is 15.8. The second-order valence-electron chi connectivity index (χ2n) is 10.8. The zero-order valence-electron chi connectivity index (χ0n) is 21.7. The van der Waals surface area contributed by atoms with Crippen molar-refractivity contribution >= 4 is 29.9 Å². The van der Waals surface area contributed by atoms with Crippen LogP contribution < -0.4 is 10.6 Å². The summed E-state index contributed by atoms with van der Waals surface area (Å²) in [5.41, 5.74) is -2.42. The number of urea groups is 1. The summed E-state index contributed by atoms with van der Waals surface area (Å²) in [7, 11) is 0. The van der Waals surface area contributed by atoms with Crippen LogP contribution in [0.5, 0.6) is 0 Å². The molecule has 0 aromatic carbocycles. The standard InChI is InChI=1S/C23H40N2O9/c1-21(2,3)32-17(28)13-11-15(19(30)34-23(7,8)9)25-20(31)24-14(10-12-16(26)27)18(29)33-22(4,5)6/h14-15H,10-13H2,1-9H3,(H,26,27)(H2,24,25,31)/t14?,15-/m1/s1. The van der Waals surface area contributed by atoms with Crippen molar-refractivity contribution in [2.24, 2.45) is 0 Å². The average Bonchev–Trinajstić information content (AvgIpc) is 2.57. The Labute approximate surface area is 201 Å². The normalized spacial score (nSPS) is 13.8. The molecule has 196 valence electrons. The van der Waals surface area contributed by atoms with E-state index in [0.29, 0.717) is 0 Å². The molecule has 3 N–H and O–H groups in total. The Morgan fingerprint density at radius 1 is 0.647 bits per heavy atom. The van der Waals surface area contributed by atoms with Gasteiger partial charge in [0.2, 0.25) is 0 Å². The Kier molecular flexibility index (Phi) is 11.5. The third kappa shape index (κ3) is 15.9. The summed E-state index contributed by atoms with van der Waals surface area (Å²) in [5.74, 6) is -3.30. The molecule has 0 aliphatic heterocycles. The lowest BCUT2D eigenvalue weighted by molar-refractivity contribution is -0.159. The van der Waals surface area contributed by atoms with E-state index in [1.165, 1.54) is 0 Å². The molecular weight excluding hydrogens is 448 g/mol. The number of carboxylic acids is 1. The van der Waals surface area contributed by atoms with E-state index in [1.54, 1.807) is 62.3 Å². The van der Waals surface area contributed by atoms with Gasteiger partial charge in [-0.1, -0.05) is 0 Å². The number of ether oxygens (including phenoxy) is 3. The number of aliphatic carboxylic acids is 1. The first-order valence-corrected chi connectivity index (χ1v) is 11.1. The van der Waals surface area contributed by atoms with E-state index in [9.17, 15) is 24.0 Å². The van der Waals surface area contributed by atoms with Gasteiger partial charge in [0.15, 0.2) is 0 Å². The summed E-state index contributed by atoms with van der Waals surface area (Å²) in [4.78, 5) is 60.7. The summed E-state index contributed by atoms with van der Waals surface area (Å²) >= 11 is 0. The molecule has 0 aromatic rings. The van der Waals surface area contributed by atoms with E-state index in [0.717, 1.165) is 0 Å². The van der Waals surface area contributed by atoms with Crippen molar-refractivity contribution in [3.05, 3.63) is 0 Å². The average molecular weight is 489 g/mol. The van der Waals surface area contributed by atoms with Gasteiger partial charge in [0.05, 0.1) is 0 Å². The van der Waals surface area contributed by atoms with Crippen LogP contribution >= 0.6 is 0 Å². The number of hydrogen-bond acceptors (Lipinski definition) is 8. The molecule has 1 unspecified atom stereocenters. The molecule has 11 nitrogen and oxygen atoms in total.